The minimum atomic E-state index is 0.363. The largest absolute Gasteiger partial charge is 0.382 e. The van der Waals surface area contributed by atoms with E-state index >= 15 is 0 Å². The maximum absolute atomic E-state index is 5.61. The summed E-state index contributed by atoms with van der Waals surface area (Å²) in [4.78, 5) is 10.5. The Morgan fingerprint density at radius 1 is 1.28 bits per heavy atom. The summed E-state index contributed by atoms with van der Waals surface area (Å²) in [6.07, 6.45) is 9.40. The lowest BCUT2D eigenvalue weighted by Gasteiger charge is -2.30. The van der Waals surface area contributed by atoms with Gasteiger partial charge < -0.3 is 15.4 Å². The van der Waals surface area contributed by atoms with Gasteiger partial charge in [-0.05, 0) is 44.9 Å². The third-order valence-electron chi connectivity index (χ3n) is 4.94. The Kier molecular flexibility index (Phi) is 8.68. The highest BCUT2D eigenvalue weighted by molar-refractivity contribution is 7.11. The highest BCUT2D eigenvalue weighted by Crippen LogP contribution is 2.40. The van der Waals surface area contributed by atoms with Crippen LogP contribution in [-0.4, -0.2) is 37.2 Å². The number of rotatable bonds is 10. The van der Waals surface area contributed by atoms with Crippen molar-refractivity contribution < 1.29 is 4.74 Å². The zero-order valence-electron chi connectivity index (χ0n) is 16.1. The summed E-state index contributed by atoms with van der Waals surface area (Å²) in [5, 5.41) is 8.03. The van der Waals surface area contributed by atoms with E-state index in [1.165, 1.54) is 30.6 Å². The number of aromatic nitrogens is 1. The molecule has 6 heteroatoms. The van der Waals surface area contributed by atoms with Crippen molar-refractivity contribution in [2.75, 3.05) is 26.3 Å². The molecule has 0 radical (unpaired) electrons. The predicted octanol–water partition coefficient (Wildman–Crippen LogP) is 3.75. The fourth-order valence-corrected chi connectivity index (χ4v) is 4.20. The summed E-state index contributed by atoms with van der Waals surface area (Å²) in [7, 11) is 0. The van der Waals surface area contributed by atoms with Gasteiger partial charge in [0.15, 0.2) is 5.96 Å². The van der Waals surface area contributed by atoms with Crippen molar-refractivity contribution in [2.24, 2.45) is 10.4 Å². The molecule has 1 aromatic heterocycles. The number of nitrogens with zero attached hydrogens (tertiary/aromatic N) is 2. The van der Waals surface area contributed by atoms with Crippen LogP contribution in [0.1, 0.15) is 62.8 Å². The Morgan fingerprint density at radius 2 is 2.08 bits per heavy atom. The quantitative estimate of drug-likeness (QED) is 0.376. The fourth-order valence-electron chi connectivity index (χ4n) is 3.42. The molecule has 2 N–H and O–H groups in total. The fraction of sp³-hybridized carbons (Fsp3) is 0.789. The van der Waals surface area contributed by atoms with Gasteiger partial charge in [-0.15, -0.1) is 11.3 Å². The van der Waals surface area contributed by atoms with E-state index in [1.54, 1.807) is 11.3 Å². The van der Waals surface area contributed by atoms with E-state index < -0.39 is 0 Å². The molecule has 0 unspecified atom stereocenters. The van der Waals surface area contributed by atoms with Crippen LogP contribution in [0.3, 0.4) is 0 Å². The number of nitrogens with one attached hydrogen (secondary N) is 2. The van der Waals surface area contributed by atoms with E-state index in [-0.39, 0.29) is 0 Å². The normalized spacial score (nSPS) is 17.0. The van der Waals surface area contributed by atoms with E-state index in [0.29, 0.717) is 12.0 Å². The summed E-state index contributed by atoms with van der Waals surface area (Å²) < 4.78 is 5.61. The lowest BCUT2D eigenvalue weighted by molar-refractivity contribution is 0.105. The standard InChI is InChI=1S/C19H34N4OS/c1-4-16-13-21-17(25-16)14-22-18(20-5-2)23-15-19(9-7-8-10-19)11-12-24-6-3/h13H,4-12,14-15H2,1-3H3,(H2,20,22,23). The molecule has 0 amide bonds. The highest BCUT2D eigenvalue weighted by atomic mass is 32.1. The van der Waals surface area contributed by atoms with Gasteiger partial charge in [0.2, 0.25) is 0 Å². The molecule has 1 aromatic rings. The average Bonchev–Trinajstić information content (AvgIpc) is 3.27. The van der Waals surface area contributed by atoms with Crippen LogP contribution in [0.5, 0.6) is 0 Å². The van der Waals surface area contributed by atoms with Crippen molar-refractivity contribution in [2.45, 2.75) is 65.8 Å². The van der Waals surface area contributed by atoms with Crippen LogP contribution in [0.15, 0.2) is 11.2 Å². The second-order valence-electron chi connectivity index (χ2n) is 6.78. The van der Waals surface area contributed by atoms with Crippen molar-refractivity contribution in [3.63, 3.8) is 0 Å². The molecule has 2 rings (SSSR count). The number of hydrogen-bond donors (Lipinski definition) is 2. The van der Waals surface area contributed by atoms with Crippen molar-refractivity contribution in [1.82, 2.24) is 15.6 Å². The van der Waals surface area contributed by atoms with Crippen molar-refractivity contribution in [3.05, 3.63) is 16.1 Å². The summed E-state index contributed by atoms with van der Waals surface area (Å²) in [5.74, 6) is 0.901. The van der Waals surface area contributed by atoms with Gasteiger partial charge in [0.1, 0.15) is 5.01 Å². The summed E-state index contributed by atoms with van der Waals surface area (Å²) >= 11 is 1.76. The molecule has 5 nitrogen and oxygen atoms in total. The Hall–Kier alpha value is -1.14. The topological polar surface area (TPSA) is 58.5 Å². The molecule has 0 spiro atoms. The van der Waals surface area contributed by atoms with Gasteiger partial charge in [0.05, 0.1) is 6.54 Å². The van der Waals surface area contributed by atoms with Gasteiger partial charge in [0.25, 0.3) is 0 Å². The van der Waals surface area contributed by atoms with Crippen LogP contribution in [0.25, 0.3) is 0 Å². The Balaban J connectivity index is 1.91. The lowest BCUT2D eigenvalue weighted by Crippen LogP contribution is -2.43. The van der Waals surface area contributed by atoms with E-state index in [4.69, 9.17) is 9.73 Å². The van der Waals surface area contributed by atoms with Crippen LogP contribution < -0.4 is 10.6 Å². The maximum atomic E-state index is 5.61. The molecule has 142 valence electrons. The molecule has 1 fully saturated rings. The minimum absolute atomic E-state index is 0.363. The smallest absolute Gasteiger partial charge is 0.191 e. The zero-order chi connectivity index (χ0) is 18.0. The number of aliphatic imine (C=N–C) groups is 1. The molecular weight excluding hydrogens is 332 g/mol. The van der Waals surface area contributed by atoms with Gasteiger partial charge in [-0.1, -0.05) is 19.8 Å². The third-order valence-corrected chi connectivity index (χ3v) is 6.07. The second kappa shape index (κ2) is 10.8. The highest BCUT2D eigenvalue weighted by Gasteiger charge is 2.33. The first kappa shape index (κ1) is 20.2. The second-order valence-corrected chi connectivity index (χ2v) is 7.98. The zero-order valence-corrected chi connectivity index (χ0v) is 16.9. The molecule has 1 heterocycles. The first-order valence-electron chi connectivity index (χ1n) is 9.75. The SMILES string of the molecule is CCNC(=NCc1ncc(CC)s1)NCC1(CCOCC)CCCC1. The number of ether oxygens (including phenoxy) is 1. The monoisotopic (exact) mass is 366 g/mol. The molecular formula is C19H34N4OS. The van der Waals surface area contributed by atoms with E-state index in [9.17, 15) is 0 Å². The molecule has 0 bridgehead atoms. The lowest BCUT2D eigenvalue weighted by atomic mass is 9.83. The van der Waals surface area contributed by atoms with Gasteiger partial charge >= 0.3 is 0 Å². The first-order valence-corrected chi connectivity index (χ1v) is 10.6. The van der Waals surface area contributed by atoms with Crippen LogP contribution >= 0.6 is 11.3 Å². The van der Waals surface area contributed by atoms with Crippen LogP contribution in [0.2, 0.25) is 0 Å². The van der Waals surface area contributed by atoms with Gasteiger partial charge in [-0.2, -0.15) is 0 Å². The summed E-state index contributed by atoms with van der Waals surface area (Å²) in [6.45, 7) is 10.5. The minimum Gasteiger partial charge on any atom is -0.382 e. The predicted molar refractivity (Wildman–Crippen MR) is 106 cm³/mol. The average molecular weight is 367 g/mol. The van der Waals surface area contributed by atoms with E-state index in [1.807, 2.05) is 6.20 Å². The van der Waals surface area contributed by atoms with E-state index in [0.717, 1.165) is 50.1 Å². The summed E-state index contributed by atoms with van der Waals surface area (Å²) in [5.41, 5.74) is 0.363. The Bertz CT molecular complexity index is 523. The molecule has 0 aliphatic heterocycles. The number of hydrogen-bond acceptors (Lipinski definition) is 4. The van der Waals surface area contributed by atoms with Crippen LogP contribution in [0, 0.1) is 5.41 Å². The van der Waals surface area contributed by atoms with Crippen molar-refractivity contribution >= 4 is 17.3 Å². The molecule has 0 saturated heterocycles. The number of thiazole rings is 1. The molecule has 1 saturated carbocycles. The Labute approximate surface area is 156 Å². The van der Waals surface area contributed by atoms with Gasteiger partial charge in [-0.25, -0.2) is 9.98 Å². The van der Waals surface area contributed by atoms with Gasteiger partial charge in [0, 0.05) is 37.4 Å². The Morgan fingerprint density at radius 3 is 2.72 bits per heavy atom. The summed E-state index contributed by atoms with van der Waals surface area (Å²) in [6, 6.07) is 0. The molecule has 0 atom stereocenters. The van der Waals surface area contributed by atoms with Crippen molar-refractivity contribution in [3.8, 4) is 0 Å². The molecule has 1 aliphatic carbocycles. The van der Waals surface area contributed by atoms with Crippen LogP contribution in [0.4, 0.5) is 0 Å². The maximum Gasteiger partial charge on any atom is 0.191 e. The third kappa shape index (κ3) is 6.59. The van der Waals surface area contributed by atoms with E-state index in [2.05, 4.69) is 36.4 Å². The first-order chi connectivity index (χ1) is 12.2. The van der Waals surface area contributed by atoms with Crippen LogP contribution in [-0.2, 0) is 17.7 Å². The molecule has 25 heavy (non-hydrogen) atoms. The van der Waals surface area contributed by atoms with Gasteiger partial charge in [-0.3, -0.25) is 0 Å². The molecule has 1 aliphatic rings. The molecule has 0 aromatic carbocycles. The number of aryl methyl sites for hydroxylation is 1. The number of guanidine groups is 1. The van der Waals surface area contributed by atoms with Crippen molar-refractivity contribution in [1.29, 1.82) is 0 Å².